The summed E-state index contributed by atoms with van der Waals surface area (Å²) in [5.41, 5.74) is 6.62. The summed E-state index contributed by atoms with van der Waals surface area (Å²) in [7, 11) is 1.79. The predicted octanol–water partition coefficient (Wildman–Crippen LogP) is 6.49. The molecule has 0 aliphatic heterocycles. The quantitative estimate of drug-likeness (QED) is 0.437. The van der Waals surface area contributed by atoms with E-state index in [0.29, 0.717) is 0 Å². The molecule has 3 nitrogen and oxygen atoms in total. The van der Waals surface area contributed by atoms with Crippen molar-refractivity contribution in [2.75, 3.05) is 13.6 Å². The number of benzene rings is 1. The van der Waals surface area contributed by atoms with Gasteiger partial charge in [0.1, 0.15) is 0 Å². The van der Waals surface area contributed by atoms with Crippen molar-refractivity contribution >= 4 is 11.9 Å². The molecule has 1 aromatic carbocycles. The molecule has 0 radical (unpaired) electrons. The predicted molar refractivity (Wildman–Crippen MR) is 126 cm³/mol. The van der Waals surface area contributed by atoms with Gasteiger partial charge in [0.25, 0.3) is 0 Å². The Morgan fingerprint density at radius 3 is 2.46 bits per heavy atom. The number of aryl methyl sites for hydroxylation is 1. The van der Waals surface area contributed by atoms with Crippen LogP contribution in [-0.2, 0) is 0 Å². The van der Waals surface area contributed by atoms with Gasteiger partial charge in [-0.15, -0.1) is 0 Å². The summed E-state index contributed by atoms with van der Waals surface area (Å²) in [6.45, 7) is 13.9. The van der Waals surface area contributed by atoms with Gasteiger partial charge in [0.2, 0.25) is 0 Å². The fourth-order valence-electron chi connectivity index (χ4n) is 3.09. The summed E-state index contributed by atoms with van der Waals surface area (Å²) in [6, 6.07) is 8.43. The summed E-state index contributed by atoms with van der Waals surface area (Å²) in [6.07, 6.45) is 9.12. The second-order valence-corrected chi connectivity index (χ2v) is 7.59. The molecule has 154 valence electrons. The maximum atomic E-state index is 4.95. The summed E-state index contributed by atoms with van der Waals surface area (Å²) >= 11 is 0. The van der Waals surface area contributed by atoms with E-state index in [4.69, 9.17) is 4.99 Å². The highest BCUT2D eigenvalue weighted by atomic mass is 14.9. The van der Waals surface area contributed by atoms with Crippen molar-refractivity contribution in [1.29, 1.82) is 0 Å². The first kappa shape index (κ1) is 23.9. The summed E-state index contributed by atoms with van der Waals surface area (Å²) < 4.78 is 0. The van der Waals surface area contributed by atoms with E-state index in [1.165, 1.54) is 36.8 Å². The smallest absolute Gasteiger partial charge is 0.0725 e. The number of hydrogen-bond donors (Lipinski definition) is 1. The molecule has 0 amide bonds. The Morgan fingerprint density at radius 2 is 1.86 bits per heavy atom. The van der Waals surface area contributed by atoms with E-state index in [2.05, 4.69) is 75.3 Å². The zero-order valence-electron chi connectivity index (χ0n) is 19.0. The van der Waals surface area contributed by atoms with Crippen molar-refractivity contribution in [2.24, 2.45) is 15.9 Å². The molecule has 0 fully saturated rings. The van der Waals surface area contributed by atoms with Gasteiger partial charge in [-0.05, 0) is 57.2 Å². The average molecular weight is 382 g/mol. The molecule has 3 heteroatoms. The number of rotatable bonds is 11. The fourth-order valence-corrected chi connectivity index (χ4v) is 3.09. The maximum absolute atomic E-state index is 4.95. The van der Waals surface area contributed by atoms with Crippen molar-refractivity contribution in [3.8, 4) is 0 Å². The third-order valence-corrected chi connectivity index (χ3v) is 5.17. The normalized spacial score (nSPS) is 15.0. The minimum atomic E-state index is 0.729. The first-order valence-electron chi connectivity index (χ1n) is 10.6. The topological polar surface area (TPSA) is 36.8 Å². The number of nitrogens with one attached hydrogen (secondary N) is 1. The van der Waals surface area contributed by atoms with Crippen LogP contribution in [0.2, 0.25) is 0 Å². The molecule has 0 aliphatic carbocycles. The highest BCUT2D eigenvalue weighted by Gasteiger charge is 2.08. The minimum Gasteiger partial charge on any atom is -0.388 e. The van der Waals surface area contributed by atoms with Gasteiger partial charge in [-0.25, -0.2) is 0 Å². The molecule has 0 bridgehead atoms. The molecule has 0 saturated heterocycles. The van der Waals surface area contributed by atoms with Crippen LogP contribution in [0.25, 0.3) is 0 Å². The van der Waals surface area contributed by atoms with E-state index in [-0.39, 0.29) is 0 Å². The molecule has 0 spiro atoms. The molecule has 0 aromatic heterocycles. The molecule has 1 rings (SSSR count). The van der Waals surface area contributed by atoms with Gasteiger partial charge in [-0.2, -0.15) is 0 Å². The lowest BCUT2D eigenvalue weighted by Gasteiger charge is -2.17. The Bertz CT molecular complexity index is 723. The van der Waals surface area contributed by atoms with E-state index in [1.807, 2.05) is 13.1 Å². The second-order valence-electron chi connectivity index (χ2n) is 7.59. The molecule has 28 heavy (non-hydrogen) atoms. The average Bonchev–Trinajstić information content (AvgIpc) is 2.68. The second kappa shape index (κ2) is 13.1. The van der Waals surface area contributed by atoms with Gasteiger partial charge in [-0.3, -0.25) is 9.98 Å². The zero-order valence-corrected chi connectivity index (χ0v) is 19.0. The highest BCUT2D eigenvalue weighted by molar-refractivity contribution is 6.10. The van der Waals surface area contributed by atoms with Crippen molar-refractivity contribution in [3.05, 3.63) is 58.4 Å². The maximum Gasteiger partial charge on any atom is 0.0725 e. The first-order valence-corrected chi connectivity index (χ1v) is 10.6. The van der Waals surface area contributed by atoms with Gasteiger partial charge < -0.3 is 5.32 Å². The number of allylic oxidation sites excluding steroid dienone is 4. The molecule has 1 unspecified atom stereocenters. The molecular weight excluding hydrogens is 342 g/mol. The number of aliphatic imine (C=N–C) groups is 2. The number of nitrogens with zero attached hydrogens (tertiary/aromatic N) is 2. The molecular formula is C25H39N3. The van der Waals surface area contributed by atoms with Crippen LogP contribution in [0.1, 0.15) is 71.4 Å². The van der Waals surface area contributed by atoms with Gasteiger partial charge >= 0.3 is 0 Å². The van der Waals surface area contributed by atoms with Crippen LogP contribution in [0.3, 0.4) is 0 Å². The molecule has 1 aromatic rings. The third-order valence-electron chi connectivity index (χ3n) is 5.17. The van der Waals surface area contributed by atoms with Crippen LogP contribution in [-0.4, -0.2) is 25.5 Å². The van der Waals surface area contributed by atoms with Crippen LogP contribution >= 0.6 is 0 Å². The van der Waals surface area contributed by atoms with Crippen LogP contribution in [0.4, 0.5) is 0 Å². The van der Waals surface area contributed by atoms with Crippen LogP contribution in [0, 0.1) is 12.8 Å². The van der Waals surface area contributed by atoms with Crippen molar-refractivity contribution in [2.45, 2.75) is 67.2 Å². The van der Waals surface area contributed by atoms with Crippen molar-refractivity contribution in [3.63, 3.8) is 0 Å². The van der Waals surface area contributed by atoms with Crippen molar-refractivity contribution < 1.29 is 0 Å². The largest absolute Gasteiger partial charge is 0.388 e. The zero-order chi connectivity index (χ0) is 20.9. The Kier molecular flexibility index (Phi) is 11.2. The highest BCUT2D eigenvalue weighted by Crippen LogP contribution is 2.15. The minimum absolute atomic E-state index is 0.729. The SMILES string of the molecule is CCCCC(CC)CN/C(C)=C/C(=N/C(C)=C(\C)C=NC)c1ccccc1C. The van der Waals surface area contributed by atoms with Gasteiger partial charge in [-0.1, -0.05) is 57.4 Å². The number of hydrogen-bond acceptors (Lipinski definition) is 3. The summed E-state index contributed by atoms with van der Waals surface area (Å²) in [5, 5.41) is 3.63. The molecule has 1 atom stereocenters. The lowest BCUT2D eigenvalue weighted by molar-refractivity contribution is 0.435. The van der Waals surface area contributed by atoms with E-state index in [9.17, 15) is 0 Å². The molecule has 0 heterocycles. The Labute approximate surface area is 172 Å². The first-order chi connectivity index (χ1) is 13.4. The van der Waals surface area contributed by atoms with E-state index in [0.717, 1.165) is 35.1 Å². The Hall–Kier alpha value is -2.16. The fraction of sp³-hybridized carbons (Fsp3) is 0.520. The Balaban J connectivity index is 3.13. The van der Waals surface area contributed by atoms with E-state index < -0.39 is 0 Å². The van der Waals surface area contributed by atoms with Crippen LogP contribution in [0.5, 0.6) is 0 Å². The third kappa shape index (κ3) is 8.24. The van der Waals surface area contributed by atoms with Crippen LogP contribution < -0.4 is 5.32 Å². The molecule has 1 N–H and O–H groups in total. The summed E-state index contributed by atoms with van der Waals surface area (Å²) in [5.74, 6) is 0.729. The van der Waals surface area contributed by atoms with Gasteiger partial charge in [0, 0.05) is 36.8 Å². The monoisotopic (exact) mass is 381 g/mol. The van der Waals surface area contributed by atoms with Gasteiger partial charge in [0.15, 0.2) is 0 Å². The van der Waals surface area contributed by atoms with Crippen molar-refractivity contribution in [1.82, 2.24) is 5.32 Å². The lowest BCUT2D eigenvalue weighted by Crippen LogP contribution is -2.21. The lowest BCUT2D eigenvalue weighted by atomic mass is 9.99. The molecule has 0 aliphatic rings. The number of unbranched alkanes of at least 4 members (excludes halogenated alkanes) is 1. The van der Waals surface area contributed by atoms with E-state index in [1.54, 1.807) is 7.05 Å². The van der Waals surface area contributed by atoms with Gasteiger partial charge in [0.05, 0.1) is 5.71 Å². The molecule has 0 saturated carbocycles. The standard InChI is InChI=1S/C25H39N3/c1-8-10-14-23(9-2)18-27-21(5)16-25(24-15-12-11-13-19(24)3)28-22(6)20(4)17-26-7/h11-13,15-17,23,27H,8-10,14,18H2,1-7H3/b21-16+,22-20+,26-17?,28-25-. The van der Waals surface area contributed by atoms with E-state index >= 15 is 0 Å². The van der Waals surface area contributed by atoms with Crippen LogP contribution in [0.15, 0.2) is 57.3 Å². The Morgan fingerprint density at radius 1 is 1.14 bits per heavy atom. The summed E-state index contributed by atoms with van der Waals surface area (Å²) in [4.78, 5) is 9.07.